The lowest BCUT2D eigenvalue weighted by Gasteiger charge is -2.58. The average Bonchev–Trinajstić information content (AvgIpc) is 2.53. The second-order valence-electron chi connectivity index (χ2n) is 7.69. The number of hydrogen-bond acceptors (Lipinski definition) is 3. The quantitative estimate of drug-likeness (QED) is 0.793. The van der Waals surface area contributed by atoms with Gasteiger partial charge in [0.2, 0.25) is 0 Å². The van der Waals surface area contributed by atoms with E-state index in [0.717, 1.165) is 42.4 Å². The summed E-state index contributed by atoms with van der Waals surface area (Å²) in [7, 11) is 0. The van der Waals surface area contributed by atoms with Crippen LogP contribution in [-0.2, 0) is 21.6 Å². The van der Waals surface area contributed by atoms with Crippen LogP contribution < -0.4 is 0 Å². The number of hydrogen-bond donors (Lipinski definition) is 0. The van der Waals surface area contributed by atoms with Crippen LogP contribution in [0.15, 0.2) is 12.1 Å². The smallest absolute Gasteiger partial charge is 0.164 e. The third-order valence-electron chi connectivity index (χ3n) is 6.70. The van der Waals surface area contributed by atoms with Crippen molar-refractivity contribution in [2.75, 3.05) is 6.61 Å². The van der Waals surface area contributed by atoms with Gasteiger partial charge in [0, 0.05) is 23.3 Å². The summed E-state index contributed by atoms with van der Waals surface area (Å²) in [6.07, 6.45) is 4.11. The van der Waals surface area contributed by atoms with Crippen molar-refractivity contribution in [3.63, 3.8) is 0 Å². The third-order valence-corrected chi connectivity index (χ3v) is 6.70. The highest BCUT2D eigenvalue weighted by atomic mass is 16.5. The Morgan fingerprint density at radius 1 is 1.26 bits per heavy atom. The molecule has 23 heavy (non-hydrogen) atoms. The number of carbonyl (C=O) groups excluding carboxylic acids is 2. The molecule has 1 saturated heterocycles. The molecule has 3 atom stereocenters. The molecule has 3 heteroatoms. The summed E-state index contributed by atoms with van der Waals surface area (Å²) in [5.41, 5.74) is 3.46. The van der Waals surface area contributed by atoms with E-state index in [1.807, 2.05) is 0 Å². The van der Waals surface area contributed by atoms with Gasteiger partial charge in [0.15, 0.2) is 11.6 Å². The number of ether oxygens (including phenoxy) is 1. The molecule has 0 aromatic heterocycles. The lowest BCUT2D eigenvalue weighted by molar-refractivity contribution is -0.204. The monoisotopic (exact) mass is 312 g/mol. The highest BCUT2D eigenvalue weighted by Crippen LogP contribution is 2.60. The van der Waals surface area contributed by atoms with E-state index in [9.17, 15) is 9.59 Å². The number of fused-ring (bicyclic) bond motifs is 1. The molecule has 2 bridgehead atoms. The predicted octanol–water partition coefficient (Wildman–Crippen LogP) is 3.74. The van der Waals surface area contributed by atoms with Crippen molar-refractivity contribution >= 4 is 11.6 Å². The number of ketones is 2. The van der Waals surface area contributed by atoms with Crippen LogP contribution in [0.25, 0.3) is 0 Å². The summed E-state index contributed by atoms with van der Waals surface area (Å²) < 4.78 is 6.23. The van der Waals surface area contributed by atoms with Gasteiger partial charge in [0.05, 0.1) is 5.60 Å². The first-order chi connectivity index (χ1) is 10.9. The van der Waals surface area contributed by atoms with E-state index in [1.54, 1.807) is 0 Å². The molecule has 0 N–H and O–H groups in total. The summed E-state index contributed by atoms with van der Waals surface area (Å²) >= 11 is 0. The van der Waals surface area contributed by atoms with Gasteiger partial charge in [-0.3, -0.25) is 9.59 Å². The zero-order valence-electron chi connectivity index (χ0n) is 14.2. The maximum Gasteiger partial charge on any atom is 0.164 e. The molecule has 0 radical (unpaired) electrons. The van der Waals surface area contributed by atoms with Crippen LogP contribution in [0, 0.1) is 18.3 Å². The highest BCUT2D eigenvalue weighted by molar-refractivity contribution is 6.02. The molecule has 1 heterocycles. The molecule has 0 amide bonds. The van der Waals surface area contributed by atoms with E-state index in [2.05, 4.69) is 32.9 Å². The van der Waals surface area contributed by atoms with Crippen molar-refractivity contribution in [1.29, 1.82) is 0 Å². The molecule has 1 aliphatic heterocycles. The molecule has 0 unspecified atom stereocenters. The van der Waals surface area contributed by atoms with Crippen molar-refractivity contribution in [3.8, 4) is 0 Å². The largest absolute Gasteiger partial charge is 0.362 e. The Labute approximate surface area is 137 Å². The molecule has 2 aliphatic carbocycles. The number of rotatable bonds is 1. The molecule has 1 saturated carbocycles. The second kappa shape index (κ2) is 4.76. The molecule has 3 nitrogen and oxygen atoms in total. The van der Waals surface area contributed by atoms with Crippen molar-refractivity contribution < 1.29 is 14.3 Å². The standard InChI is InChI=1S/C20H24O3/c1-4-13-12(2)6-7-14-18(13)15(21)10-16-19(3)8-5-9-20(14,16)23-11-17(19)22/h6-7,16H,4-5,8-11H2,1-3H3/t16-,19-,20-/m0/s1. The van der Waals surface area contributed by atoms with Gasteiger partial charge in [-0.15, -0.1) is 0 Å². The highest BCUT2D eigenvalue weighted by Gasteiger charge is 2.62. The van der Waals surface area contributed by atoms with Crippen LogP contribution in [0.4, 0.5) is 0 Å². The maximum atomic E-state index is 13.0. The lowest BCUT2D eigenvalue weighted by atomic mass is 9.51. The number of Topliss-reactive ketones (excluding diaryl/α,β-unsaturated/α-hetero) is 2. The van der Waals surface area contributed by atoms with Crippen LogP contribution >= 0.6 is 0 Å². The van der Waals surface area contributed by atoms with E-state index in [1.165, 1.54) is 5.56 Å². The molecular weight excluding hydrogens is 288 g/mol. The minimum Gasteiger partial charge on any atom is -0.362 e. The predicted molar refractivity (Wildman–Crippen MR) is 87.6 cm³/mol. The van der Waals surface area contributed by atoms with Crippen LogP contribution in [0.2, 0.25) is 0 Å². The topological polar surface area (TPSA) is 43.4 Å². The van der Waals surface area contributed by atoms with Crippen molar-refractivity contribution in [1.82, 2.24) is 0 Å². The fourth-order valence-corrected chi connectivity index (χ4v) is 5.40. The molecular formula is C20H24O3. The Morgan fingerprint density at radius 2 is 2.04 bits per heavy atom. The minimum atomic E-state index is -0.429. The molecule has 3 aliphatic rings. The summed E-state index contributed by atoms with van der Waals surface area (Å²) in [5.74, 6) is 0.377. The maximum absolute atomic E-state index is 13.0. The van der Waals surface area contributed by atoms with Gasteiger partial charge in [0.25, 0.3) is 0 Å². The van der Waals surface area contributed by atoms with E-state index in [0.29, 0.717) is 6.42 Å². The second-order valence-corrected chi connectivity index (χ2v) is 7.69. The molecule has 0 spiro atoms. The summed E-state index contributed by atoms with van der Waals surface area (Å²) in [6, 6.07) is 4.21. The van der Waals surface area contributed by atoms with Crippen molar-refractivity contribution in [2.45, 2.75) is 58.5 Å². The van der Waals surface area contributed by atoms with Crippen molar-refractivity contribution in [3.05, 3.63) is 34.4 Å². The first-order valence-electron chi connectivity index (χ1n) is 8.77. The van der Waals surface area contributed by atoms with Crippen molar-refractivity contribution in [2.24, 2.45) is 11.3 Å². The molecule has 1 aromatic carbocycles. The Bertz CT molecular complexity index is 720. The van der Waals surface area contributed by atoms with Gasteiger partial charge >= 0.3 is 0 Å². The number of aryl methyl sites for hydroxylation is 1. The van der Waals surface area contributed by atoms with Crippen LogP contribution in [0.5, 0.6) is 0 Å². The van der Waals surface area contributed by atoms with E-state index in [4.69, 9.17) is 4.74 Å². The number of carbonyl (C=O) groups is 2. The van der Waals surface area contributed by atoms with E-state index in [-0.39, 0.29) is 24.1 Å². The van der Waals surface area contributed by atoms with Gasteiger partial charge in [-0.2, -0.15) is 0 Å². The SMILES string of the molecule is CCc1c(C)ccc2c1C(=O)C[C@@H]1[C@]23CCC[C@]1(C)C(=O)CO3. The molecule has 122 valence electrons. The first-order valence-corrected chi connectivity index (χ1v) is 8.77. The van der Waals surface area contributed by atoms with Crippen LogP contribution in [0.1, 0.15) is 66.6 Å². The van der Waals surface area contributed by atoms with Crippen LogP contribution in [-0.4, -0.2) is 18.2 Å². The third kappa shape index (κ3) is 1.74. The van der Waals surface area contributed by atoms with E-state index < -0.39 is 11.0 Å². The average molecular weight is 312 g/mol. The fraction of sp³-hybridized carbons (Fsp3) is 0.600. The van der Waals surface area contributed by atoms with Gasteiger partial charge in [-0.05, 0) is 49.3 Å². The first kappa shape index (κ1) is 15.1. The zero-order valence-corrected chi connectivity index (χ0v) is 14.2. The van der Waals surface area contributed by atoms with Gasteiger partial charge in [-0.25, -0.2) is 0 Å². The molecule has 4 rings (SSSR count). The van der Waals surface area contributed by atoms with Crippen LogP contribution in [0.3, 0.4) is 0 Å². The summed E-state index contributed by atoms with van der Waals surface area (Å²) in [4.78, 5) is 25.5. The Hall–Kier alpha value is -1.48. The normalized spacial score (nSPS) is 35.7. The summed E-state index contributed by atoms with van der Waals surface area (Å²) in [6.45, 7) is 6.43. The Balaban J connectivity index is 1.99. The van der Waals surface area contributed by atoms with Gasteiger partial charge < -0.3 is 4.74 Å². The lowest BCUT2D eigenvalue weighted by Crippen LogP contribution is -2.61. The molecule has 1 aromatic rings. The Kier molecular flexibility index (Phi) is 3.12. The van der Waals surface area contributed by atoms with Gasteiger partial charge in [-0.1, -0.05) is 26.0 Å². The Morgan fingerprint density at radius 3 is 2.78 bits per heavy atom. The summed E-state index contributed by atoms with van der Waals surface area (Å²) in [5, 5.41) is 0. The zero-order chi connectivity index (χ0) is 16.4. The molecule has 2 fully saturated rings. The van der Waals surface area contributed by atoms with Gasteiger partial charge in [0.1, 0.15) is 6.61 Å². The minimum absolute atomic E-state index is 0.00240. The fourth-order valence-electron chi connectivity index (χ4n) is 5.40. The van der Waals surface area contributed by atoms with E-state index >= 15 is 0 Å². The number of benzene rings is 1.